The monoisotopic (exact) mass is 340 g/mol. The minimum atomic E-state index is 0.477. The third-order valence-corrected chi connectivity index (χ3v) is 4.78. The number of halogens is 1. The second-order valence-corrected chi connectivity index (χ2v) is 6.96. The minimum absolute atomic E-state index is 0.477. The first-order valence-corrected chi connectivity index (χ1v) is 9.28. The van der Waals surface area contributed by atoms with Gasteiger partial charge in [0, 0.05) is 28.4 Å². The Morgan fingerprint density at radius 2 is 1.88 bits per heavy atom. The van der Waals surface area contributed by atoms with Crippen LogP contribution in [-0.4, -0.2) is 9.97 Å². The lowest BCUT2D eigenvalue weighted by molar-refractivity contribution is 0.836. The third kappa shape index (κ3) is 3.34. The Balaban J connectivity index is 0.000000815. The molecule has 1 aromatic carbocycles. The number of nitrogens with zero attached hydrogens (tertiary/aromatic N) is 1. The molecule has 2 heterocycles. The summed E-state index contributed by atoms with van der Waals surface area (Å²) >= 11 is 6.49. The zero-order valence-corrected chi connectivity index (χ0v) is 15.6. The number of aromatic amines is 1. The predicted molar refractivity (Wildman–Crippen MR) is 104 cm³/mol. The molecule has 2 aromatic heterocycles. The van der Waals surface area contributed by atoms with Crippen molar-refractivity contribution in [3.05, 3.63) is 52.8 Å². The van der Waals surface area contributed by atoms with E-state index in [0.29, 0.717) is 5.92 Å². The molecule has 24 heavy (non-hydrogen) atoms. The highest BCUT2D eigenvalue weighted by molar-refractivity contribution is 6.34. The molecule has 0 saturated heterocycles. The van der Waals surface area contributed by atoms with Gasteiger partial charge in [-0.2, -0.15) is 0 Å². The van der Waals surface area contributed by atoms with Crippen molar-refractivity contribution in [1.82, 2.24) is 9.97 Å². The van der Waals surface area contributed by atoms with Crippen LogP contribution >= 0.6 is 11.6 Å². The number of nitrogens with one attached hydrogen (secondary N) is 1. The highest BCUT2D eigenvalue weighted by Gasteiger charge is 2.23. The van der Waals surface area contributed by atoms with Gasteiger partial charge in [0.2, 0.25) is 0 Å². The number of fused-ring (bicyclic) bond motifs is 1. The smallest absolute Gasteiger partial charge is 0.0717 e. The maximum atomic E-state index is 6.49. The molecule has 1 saturated carbocycles. The SMILES string of the molecule is CC.CC(C)c1cc2cc(Cl)c(-c3ccc(C4CC4)cn3)cc2[nH]1. The molecule has 126 valence electrons. The summed E-state index contributed by atoms with van der Waals surface area (Å²) < 4.78 is 0. The minimum Gasteiger partial charge on any atom is -0.358 e. The van der Waals surface area contributed by atoms with Crippen molar-refractivity contribution in [3.8, 4) is 11.3 Å². The lowest BCUT2D eigenvalue weighted by atomic mass is 10.1. The van der Waals surface area contributed by atoms with Crippen LogP contribution in [0.3, 0.4) is 0 Å². The fourth-order valence-corrected chi connectivity index (χ4v) is 3.17. The van der Waals surface area contributed by atoms with E-state index >= 15 is 0 Å². The summed E-state index contributed by atoms with van der Waals surface area (Å²) in [6.07, 6.45) is 4.60. The number of pyridine rings is 1. The molecule has 4 rings (SSSR count). The van der Waals surface area contributed by atoms with Gasteiger partial charge in [0.15, 0.2) is 0 Å². The van der Waals surface area contributed by atoms with Gasteiger partial charge in [-0.05, 0) is 54.5 Å². The molecule has 0 aliphatic heterocycles. The maximum absolute atomic E-state index is 6.49. The van der Waals surface area contributed by atoms with Crippen molar-refractivity contribution >= 4 is 22.5 Å². The average molecular weight is 341 g/mol. The summed E-state index contributed by atoms with van der Waals surface area (Å²) in [6.45, 7) is 8.37. The van der Waals surface area contributed by atoms with Gasteiger partial charge >= 0.3 is 0 Å². The van der Waals surface area contributed by atoms with Gasteiger partial charge in [-0.1, -0.05) is 45.4 Å². The molecule has 1 fully saturated rings. The Labute approximate surface area is 149 Å². The molecule has 0 atom stereocenters. The Morgan fingerprint density at radius 1 is 1.12 bits per heavy atom. The van der Waals surface area contributed by atoms with Gasteiger partial charge in [-0.3, -0.25) is 4.98 Å². The summed E-state index contributed by atoms with van der Waals surface area (Å²) in [7, 11) is 0. The first-order valence-electron chi connectivity index (χ1n) is 8.90. The van der Waals surface area contributed by atoms with Crippen LogP contribution in [0.15, 0.2) is 36.5 Å². The summed E-state index contributed by atoms with van der Waals surface area (Å²) in [5, 5.41) is 1.92. The van der Waals surface area contributed by atoms with Crippen LogP contribution < -0.4 is 0 Å². The lowest BCUT2D eigenvalue weighted by Gasteiger charge is -2.06. The van der Waals surface area contributed by atoms with E-state index in [1.165, 1.54) is 24.1 Å². The number of benzene rings is 1. The molecule has 1 N–H and O–H groups in total. The standard InChI is InChI=1S/C19H19ClN2.C2H6/c1-11(2)18-8-14-7-16(20)15(9-19(14)22-18)17-6-5-13(10-21-17)12-3-4-12;1-2/h5-12,22H,3-4H2,1-2H3;1-2H3. The summed E-state index contributed by atoms with van der Waals surface area (Å²) in [6, 6.07) is 10.6. The van der Waals surface area contributed by atoms with Crippen molar-refractivity contribution in [2.75, 3.05) is 0 Å². The van der Waals surface area contributed by atoms with E-state index in [4.69, 9.17) is 11.6 Å². The van der Waals surface area contributed by atoms with Gasteiger partial charge in [0.05, 0.1) is 10.7 Å². The Hall–Kier alpha value is -1.80. The normalized spacial score (nSPS) is 13.9. The Kier molecular flexibility index (Phi) is 4.96. The molecule has 1 aliphatic carbocycles. The fourth-order valence-electron chi connectivity index (χ4n) is 2.91. The molecule has 0 amide bonds. The summed E-state index contributed by atoms with van der Waals surface area (Å²) in [5.41, 5.74) is 5.64. The van der Waals surface area contributed by atoms with Crippen molar-refractivity contribution in [2.45, 2.75) is 52.4 Å². The van der Waals surface area contributed by atoms with Crippen LogP contribution in [0.4, 0.5) is 0 Å². The summed E-state index contributed by atoms with van der Waals surface area (Å²) in [4.78, 5) is 8.11. The number of aromatic nitrogens is 2. The van der Waals surface area contributed by atoms with Gasteiger partial charge in [0.1, 0.15) is 0 Å². The molecule has 0 spiro atoms. The van der Waals surface area contributed by atoms with E-state index < -0.39 is 0 Å². The molecule has 3 heteroatoms. The van der Waals surface area contributed by atoms with Gasteiger partial charge in [0.25, 0.3) is 0 Å². The molecule has 1 aliphatic rings. The average Bonchev–Trinajstić information content (AvgIpc) is 3.36. The quantitative estimate of drug-likeness (QED) is 0.551. The largest absolute Gasteiger partial charge is 0.358 e. The van der Waals surface area contributed by atoms with E-state index in [-0.39, 0.29) is 0 Å². The zero-order valence-electron chi connectivity index (χ0n) is 14.9. The van der Waals surface area contributed by atoms with Crippen LogP contribution in [-0.2, 0) is 0 Å². The van der Waals surface area contributed by atoms with E-state index in [9.17, 15) is 0 Å². The number of hydrogen-bond donors (Lipinski definition) is 1. The fraction of sp³-hybridized carbons (Fsp3) is 0.381. The second-order valence-electron chi connectivity index (χ2n) is 6.55. The Bertz CT molecular complexity index is 827. The van der Waals surface area contributed by atoms with E-state index in [2.05, 4.69) is 48.1 Å². The van der Waals surface area contributed by atoms with Crippen molar-refractivity contribution in [3.63, 3.8) is 0 Å². The van der Waals surface area contributed by atoms with Crippen molar-refractivity contribution < 1.29 is 0 Å². The molecule has 3 aromatic rings. The Morgan fingerprint density at radius 3 is 2.46 bits per heavy atom. The predicted octanol–water partition coefficient (Wildman–Crippen LogP) is 6.91. The van der Waals surface area contributed by atoms with Gasteiger partial charge in [-0.25, -0.2) is 0 Å². The molecular formula is C21H25ClN2. The van der Waals surface area contributed by atoms with Crippen molar-refractivity contribution in [2.24, 2.45) is 0 Å². The van der Waals surface area contributed by atoms with Crippen LogP contribution in [0, 0.1) is 0 Å². The molecular weight excluding hydrogens is 316 g/mol. The molecule has 2 nitrogen and oxygen atoms in total. The second kappa shape index (κ2) is 6.98. The first-order chi connectivity index (χ1) is 11.6. The molecule has 0 bridgehead atoms. The van der Waals surface area contributed by atoms with Crippen LogP contribution in [0.5, 0.6) is 0 Å². The number of rotatable bonds is 3. The van der Waals surface area contributed by atoms with E-state index in [0.717, 1.165) is 33.1 Å². The first kappa shape index (κ1) is 17.0. The zero-order chi connectivity index (χ0) is 17.3. The van der Waals surface area contributed by atoms with E-state index in [1.54, 1.807) is 0 Å². The maximum Gasteiger partial charge on any atom is 0.0717 e. The third-order valence-electron chi connectivity index (χ3n) is 4.46. The topological polar surface area (TPSA) is 28.7 Å². The highest BCUT2D eigenvalue weighted by Crippen LogP contribution is 2.40. The van der Waals surface area contributed by atoms with Crippen LogP contribution in [0.2, 0.25) is 5.02 Å². The van der Waals surface area contributed by atoms with Crippen molar-refractivity contribution in [1.29, 1.82) is 0 Å². The molecule has 0 unspecified atom stereocenters. The van der Waals surface area contributed by atoms with E-state index in [1.807, 2.05) is 26.1 Å². The van der Waals surface area contributed by atoms with Crippen LogP contribution in [0.25, 0.3) is 22.2 Å². The summed E-state index contributed by atoms with van der Waals surface area (Å²) in [5.74, 6) is 1.21. The molecule has 0 radical (unpaired) electrons. The lowest BCUT2D eigenvalue weighted by Crippen LogP contribution is -1.88. The highest BCUT2D eigenvalue weighted by atomic mass is 35.5. The number of H-pyrrole nitrogens is 1. The van der Waals surface area contributed by atoms with Crippen LogP contribution in [0.1, 0.15) is 63.6 Å². The van der Waals surface area contributed by atoms with Gasteiger partial charge < -0.3 is 4.98 Å². The number of hydrogen-bond acceptors (Lipinski definition) is 1. The van der Waals surface area contributed by atoms with Gasteiger partial charge in [-0.15, -0.1) is 0 Å².